The highest BCUT2D eigenvalue weighted by Gasteiger charge is 2.38. The standard InChI is InChI=1S/C10H17N3/c1-3-13-9(6-8(2)12-13)7-10(11)4-5-10/h6H,3-5,7,11H2,1-2H3. The van der Waals surface area contributed by atoms with Gasteiger partial charge in [-0.2, -0.15) is 5.10 Å². The van der Waals surface area contributed by atoms with Crippen molar-refractivity contribution in [3.63, 3.8) is 0 Å². The van der Waals surface area contributed by atoms with E-state index in [2.05, 4.69) is 22.8 Å². The molecule has 1 aromatic rings. The fourth-order valence-corrected chi connectivity index (χ4v) is 1.71. The number of aryl methyl sites for hydroxylation is 2. The smallest absolute Gasteiger partial charge is 0.0596 e. The molecule has 0 spiro atoms. The zero-order valence-electron chi connectivity index (χ0n) is 8.38. The lowest BCUT2D eigenvalue weighted by Gasteiger charge is -2.09. The predicted octanol–water partition coefficient (Wildman–Crippen LogP) is 1.25. The third kappa shape index (κ3) is 1.75. The zero-order chi connectivity index (χ0) is 9.47. The van der Waals surface area contributed by atoms with Crippen LogP contribution in [0.4, 0.5) is 0 Å². The van der Waals surface area contributed by atoms with E-state index in [0.29, 0.717) is 0 Å². The largest absolute Gasteiger partial charge is 0.325 e. The summed E-state index contributed by atoms with van der Waals surface area (Å²) in [6.07, 6.45) is 3.32. The molecule has 0 saturated heterocycles. The molecule has 1 aliphatic rings. The van der Waals surface area contributed by atoms with Gasteiger partial charge in [0.25, 0.3) is 0 Å². The fraction of sp³-hybridized carbons (Fsp3) is 0.700. The Morgan fingerprint density at radius 1 is 1.62 bits per heavy atom. The van der Waals surface area contributed by atoms with Gasteiger partial charge < -0.3 is 5.73 Å². The molecule has 0 radical (unpaired) electrons. The van der Waals surface area contributed by atoms with Gasteiger partial charge in [-0.1, -0.05) is 0 Å². The van der Waals surface area contributed by atoms with Crippen LogP contribution in [0.5, 0.6) is 0 Å². The summed E-state index contributed by atoms with van der Waals surface area (Å²) in [7, 11) is 0. The summed E-state index contributed by atoms with van der Waals surface area (Å²) in [5.41, 5.74) is 8.56. The Labute approximate surface area is 78.9 Å². The summed E-state index contributed by atoms with van der Waals surface area (Å²) in [5.74, 6) is 0. The first kappa shape index (κ1) is 8.75. The van der Waals surface area contributed by atoms with Gasteiger partial charge in [-0.05, 0) is 32.8 Å². The third-order valence-electron chi connectivity index (χ3n) is 2.71. The Hall–Kier alpha value is -0.830. The van der Waals surface area contributed by atoms with Gasteiger partial charge in [0, 0.05) is 24.2 Å². The van der Waals surface area contributed by atoms with Crippen LogP contribution in [0.1, 0.15) is 31.2 Å². The van der Waals surface area contributed by atoms with E-state index in [4.69, 9.17) is 5.73 Å². The first-order chi connectivity index (χ1) is 6.13. The van der Waals surface area contributed by atoms with Gasteiger partial charge in [0.2, 0.25) is 0 Å². The molecule has 2 N–H and O–H groups in total. The summed E-state index contributed by atoms with van der Waals surface area (Å²) >= 11 is 0. The van der Waals surface area contributed by atoms with Gasteiger partial charge in [-0.25, -0.2) is 0 Å². The number of nitrogens with zero attached hydrogens (tertiary/aromatic N) is 2. The maximum atomic E-state index is 6.07. The molecule has 1 fully saturated rings. The van der Waals surface area contributed by atoms with Crippen molar-refractivity contribution in [2.24, 2.45) is 5.73 Å². The number of hydrogen-bond donors (Lipinski definition) is 1. The first-order valence-electron chi connectivity index (χ1n) is 4.95. The lowest BCUT2D eigenvalue weighted by atomic mass is 10.1. The van der Waals surface area contributed by atoms with E-state index in [-0.39, 0.29) is 5.54 Å². The van der Waals surface area contributed by atoms with E-state index in [1.807, 2.05) is 6.92 Å². The summed E-state index contributed by atoms with van der Waals surface area (Å²) in [6.45, 7) is 5.09. The molecule has 13 heavy (non-hydrogen) atoms. The van der Waals surface area contributed by atoms with Crippen LogP contribution >= 0.6 is 0 Å². The molecule has 2 rings (SSSR count). The van der Waals surface area contributed by atoms with Gasteiger partial charge in [0.1, 0.15) is 0 Å². The lowest BCUT2D eigenvalue weighted by molar-refractivity contribution is 0.572. The van der Waals surface area contributed by atoms with Crippen LogP contribution in [0.25, 0.3) is 0 Å². The average molecular weight is 179 g/mol. The van der Waals surface area contributed by atoms with Crippen molar-refractivity contribution in [3.8, 4) is 0 Å². The fourth-order valence-electron chi connectivity index (χ4n) is 1.71. The monoisotopic (exact) mass is 179 g/mol. The van der Waals surface area contributed by atoms with Crippen molar-refractivity contribution >= 4 is 0 Å². The number of aromatic nitrogens is 2. The van der Waals surface area contributed by atoms with Gasteiger partial charge in [0.05, 0.1) is 5.69 Å². The molecule has 0 amide bonds. The van der Waals surface area contributed by atoms with Gasteiger partial charge in [-0.15, -0.1) is 0 Å². The van der Waals surface area contributed by atoms with Crippen LogP contribution < -0.4 is 5.73 Å². The van der Waals surface area contributed by atoms with Crippen LogP contribution in [-0.2, 0) is 13.0 Å². The number of hydrogen-bond acceptors (Lipinski definition) is 2. The van der Waals surface area contributed by atoms with Crippen molar-refractivity contribution < 1.29 is 0 Å². The van der Waals surface area contributed by atoms with Gasteiger partial charge >= 0.3 is 0 Å². The second-order valence-electron chi connectivity index (χ2n) is 4.13. The van der Waals surface area contributed by atoms with Crippen molar-refractivity contribution in [1.82, 2.24) is 9.78 Å². The zero-order valence-corrected chi connectivity index (χ0v) is 8.38. The van der Waals surface area contributed by atoms with E-state index >= 15 is 0 Å². The van der Waals surface area contributed by atoms with Crippen molar-refractivity contribution in [1.29, 1.82) is 0 Å². The predicted molar refractivity (Wildman–Crippen MR) is 52.5 cm³/mol. The average Bonchev–Trinajstić information content (AvgIpc) is 2.67. The Kier molecular flexibility index (Phi) is 1.91. The highest BCUT2D eigenvalue weighted by atomic mass is 15.3. The number of rotatable bonds is 3. The normalized spacial score (nSPS) is 19.0. The first-order valence-corrected chi connectivity index (χ1v) is 4.95. The quantitative estimate of drug-likeness (QED) is 0.758. The summed E-state index contributed by atoms with van der Waals surface area (Å²) in [5, 5.41) is 4.40. The second-order valence-corrected chi connectivity index (χ2v) is 4.13. The van der Waals surface area contributed by atoms with E-state index < -0.39 is 0 Å². The molecule has 0 atom stereocenters. The van der Waals surface area contributed by atoms with E-state index in [1.54, 1.807) is 0 Å². The maximum Gasteiger partial charge on any atom is 0.0596 e. The Morgan fingerprint density at radius 2 is 2.31 bits per heavy atom. The third-order valence-corrected chi connectivity index (χ3v) is 2.71. The van der Waals surface area contributed by atoms with Crippen molar-refractivity contribution in [2.75, 3.05) is 0 Å². The topological polar surface area (TPSA) is 43.8 Å². The molecule has 1 aromatic heterocycles. The van der Waals surface area contributed by atoms with Crippen LogP contribution in [0, 0.1) is 6.92 Å². The number of nitrogens with two attached hydrogens (primary N) is 1. The molecule has 1 heterocycles. The molecule has 72 valence electrons. The molecule has 0 unspecified atom stereocenters. The van der Waals surface area contributed by atoms with Crippen LogP contribution in [0.3, 0.4) is 0 Å². The molecule has 0 bridgehead atoms. The van der Waals surface area contributed by atoms with Crippen molar-refractivity contribution in [2.45, 2.75) is 45.2 Å². The summed E-state index contributed by atoms with van der Waals surface area (Å²) < 4.78 is 2.06. The molecule has 1 saturated carbocycles. The molecule has 0 aromatic carbocycles. The Morgan fingerprint density at radius 3 is 2.85 bits per heavy atom. The molecule has 3 heteroatoms. The molecular formula is C10H17N3. The summed E-state index contributed by atoms with van der Waals surface area (Å²) in [4.78, 5) is 0. The van der Waals surface area contributed by atoms with Crippen molar-refractivity contribution in [3.05, 3.63) is 17.5 Å². The molecular weight excluding hydrogens is 162 g/mol. The SMILES string of the molecule is CCn1nc(C)cc1CC1(N)CC1. The summed E-state index contributed by atoms with van der Waals surface area (Å²) in [6, 6.07) is 2.15. The minimum atomic E-state index is 0.0966. The highest BCUT2D eigenvalue weighted by Crippen LogP contribution is 2.35. The minimum absolute atomic E-state index is 0.0966. The van der Waals surface area contributed by atoms with E-state index in [1.165, 1.54) is 18.5 Å². The Balaban J connectivity index is 2.18. The van der Waals surface area contributed by atoms with Crippen LogP contribution in [-0.4, -0.2) is 15.3 Å². The lowest BCUT2D eigenvalue weighted by Crippen LogP contribution is -2.26. The second kappa shape index (κ2) is 2.84. The molecule has 3 nitrogen and oxygen atoms in total. The Bertz CT molecular complexity index is 310. The maximum absolute atomic E-state index is 6.07. The highest BCUT2D eigenvalue weighted by molar-refractivity contribution is 5.16. The van der Waals surface area contributed by atoms with Gasteiger partial charge in [0.15, 0.2) is 0 Å². The van der Waals surface area contributed by atoms with Crippen LogP contribution in [0.15, 0.2) is 6.07 Å². The molecule has 1 aliphatic carbocycles. The minimum Gasteiger partial charge on any atom is -0.325 e. The van der Waals surface area contributed by atoms with Crippen LogP contribution in [0.2, 0.25) is 0 Å². The van der Waals surface area contributed by atoms with E-state index in [0.717, 1.165) is 18.7 Å². The van der Waals surface area contributed by atoms with Gasteiger partial charge in [-0.3, -0.25) is 4.68 Å². The van der Waals surface area contributed by atoms with E-state index in [9.17, 15) is 0 Å². The molecule has 0 aliphatic heterocycles.